The van der Waals surface area contributed by atoms with Gasteiger partial charge in [0.15, 0.2) is 0 Å². The van der Waals surface area contributed by atoms with Crippen molar-refractivity contribution in [3.8, 4) is 0 Å². The van der Waals surface area contributed by atoms with Crippen molar-refractivity contribution in [2.24, 2.45) is 7.05 Å². The molecule has 1 saturated heterocycles. The third kappa shape index (κ3) is 4.64. The van der Waals surface area contributed by atoms with Gasteiger partial charge in [0.05, 0.1) is 6.20 Å². The van der Waals surface area contributed by atoms with E-state index in [1.807, 2.05) is 17.9 Å². The number of aryl methyl sites for hydroxylation is 2. The number of piperidine rings is 1. The van der Waals surface area contributed by atoms with Gasteiger partial charge in [-0.05, 0) is 44.0 Å². The van der Waals surface area contributed by atoms with Crippen LogP contribution in [-0.4, -0.2) is 32.8 Å². The molecule has 1 aromatic carbocycles. The zero-order valence-corrected chi connectivity index (χ0v) is 16.3. The molecular formula is C23H28N4. The number of likely N-dealkylation sites (tertiary alicyclic amines) is 1. The summed E-state index contributed by atoms with van der Waals surface area (Å²) >= 11 is 0. The normalized spacial score (nSPS) is 17.9. The van der Waals surface area contributed by atoms with Crippen molar-refractivity contribution in [1.82, 2.24) is 19.7 Å². The van der Waals surface area contributed by atoms with Crippen LogP contribution in [-0.2, 0) is 20.0 Å². The lowest BCUT2D eigenvalue weighted by atomic mass is 9.93. The molecule has 4 heteroatoms. The first-order valence-electron chi connectivity index (χ1n) is 9.87. The molecule has 0 N–H and O–H groups in total. The van der Waals surface area contributed by atoms with Gasteiger partial charge in [-0.15, -0.1) is 0 Å². The highest BCUT2D eigenvalue weighted by Gasteiger charge is 2.22. The summed E-state index contributed by atoms with van der Waals surface area (Å²) in [5, 5.41) is 4.29. The topological polar surface area (TPSA) is 34.0 Å². The van der Waals surface area contributed by atoms with E-state index in [0.717, 1.165) is 26.1 Å². The van der Waals surface area contributed by atoms with Crippen molar-refractivity contribution in [3.05, 3.63) is 82.9 Å². The minimum Gasteiger partial charge on any atom is -0.298 e. The average Bonchev–Trinajstić information content (AvgIpc) is 3.07. The van der Waals surface area contributed by atoms with E-state index in [0.29, 0.717) is 5.92 Å². The van der Waals surface area contributed by atoms with Crippen LogP contribution in [0.2, 0.25) is 0 Å². The molecule has 1 aliphatic rings. The molecule has 0 aliphatic carbocycles. The summed E-state index contributed by atoms with van der Waals surface area (Å²) in [6.45, 7) is 5.36. The number of nitrogens with zero attached hydrogens (tertiary/aromatic N) is 4. The van der Waals surface area contributed by atoms with Gasteiger partial charge in [-0.25, -0.2) is 0 Å². The van der Waals surface area contributed by atoms with Gasteiger partial charge < -0.3 is 0 Å². The van der Waals surface area contributed by atoms with Gasteiger partial charge in [0.1, 0.15) is 0 Å². The zero-order valence-electron chi connectivity index (χ0n) is 16.3. The number of aromatic nitrogens is 3. The Morgan fingerprint density at radius 2 is 2.00 bits per heavy atom. The van der Waals surface area contributed by atoms with Crippen molar-refractivity contribution in [3.63, 3.8) is 0 Å². The highest BCUT2D eigenvalue weighted by atomic mass is 15.2. The van der Waals surface area contributed by atoms with Crippen LogP contribution in [0.25, 0.3) is 0 Å². The molecule has 4 nitrogen and oxygen atoms in total. The predicted molar refractivity (Wildman–Crippen MR) is 109 cm³/mol. The smallest absolute Gasteiger partial charge is 0.0534 e. The zero-order chi connectivity index (χ0) is 18.6. The maximum Gasteiger partial charge on any atom is 0.0534 e. The van der Waals surface area contributed by atoms with E-state index >= 15 is 0 Å². The molecular weight excluding hydrogens is 332 g/mol. The number of hydrogen-bond acceptors (Lipinski definition) is 3. The Morgan fingerprint density at radius 3 is 2.81 bits per heavy atom. The summed E-state index contributed by atoms with van der Waals surface area (Å²) in [6.07, 6.45) is 7.45. The SMILES string of the molecule is Cc1cccc(Cc2cccc(C3CCCN(Cc4cnn(C)c4)C3)n2)c1. The van der Waals surface area contributed by atoms with Crippen molar-refractivity contribution in [1.29, 1.82) is 0 Å². The molecule has 0 amide bonds. The Bertz CT molecular complexity index is 899. The lowest BCUT2D eigenvalue weighted by Crippen LogP contribution is -2.34. The predicted octanol–water partition coefficient (Wildman–Crippen LogP) is 4.09. The molecule has 1 aliphatic heterocycles. The molecule has 0 radical (unpaired) electrons. The lowest BCUT2D eigenvalue weighted by Gasteiger charge is -2.32. The summed E-state index contributed by atoms with van der Waals surface area (Å²) in [4.78, 5) is 7.57. The fourth-order valence-corrected chi connectivity index (χ4v) is 4.11. The third-order valence-electron chi connectivity index (χ3n) is 5.38. The standard InChI is InChI=1S/C23H28N4/c1-18-6-3-7-19(12-18)13-22-9-4-10-23(25-22)21-8-5-11-27(17-21)16-20-14-24-26(2)15-20/h3-4,6-7,9-10,12,14-15,21H,5,8,11,13,16-17H2,1-2H3. The third-order valence-corrected chi connectivity index (χ3v) is 5.38. The van der Waals surface area contributed by atoms with E-state index in [-0.39, 0.29) is 0 Å². The molecule has 0 spiro atoms. The summed E-state index contributed by atoms with van der Waals surface area (Å²) in [6, 6.07) is 15.3. The number of benzene rings is 1. The van der Waals surface area contributed by atoms with Gasteiger partial charge >= 0.3 is 0 Å². The van der Waals surface area contributed by atoms with Gasteiger partial charge in [0.2, 0.25) is 0 Å². The Morgan fingerprint density at radius 1 is 1.11 bits per heavy atom. The Labute approximate surface area is 161 Å². The molecule has 0 saturated carbocycles. The minimum atomic E-state index is 0.521. The van der Waals surface area contributed by atoms with Gasteiger partial charge in [-0.1, -0.05) is 35.9 Å². The highest BCUT2D eigenvalue weighted by Crippen LogP contribution is 2.27. The van der Waals surface area contributed by atoms with Crippen molar-refractivity contribution >= 4 is 0 Å². The van der Waals surface area contributed by atoms with E-state index in [1.165, 1.54) is 40.9 Å². The molecule has 4 rings (SSSR count). The molecule has 1 atom stereocenters. The largest absolute Gasteiger partial charge is 0.298 e. The van der Waals surface area contributed by atoms with Crippen LogP contribution < -0.4 is 0 Å². The maximum atomic E-state index is 5.02. The second-order valence-corrected chi connectivity index (χ2v) is 7.82. The lowest BCUT2D eigenvalue weighted by molar-refractivity contribution is 0.198. The van der Waals surface area contributed by atoms with E-state index in [9.17, 15) is 0 Å². The van der Waals surface area contributed by atoms with Crippen LogP contribution in [0.5, 0.6) is 0 Å². The monoisotopic (exact) mass is 360 g/mol. The maximum absolute atomic E-state index is 5.02. The van der Waals surface area contributed by atoms with Gasteiger partial charge in [0, 0.05) is 55.6 Å². The summed E-state index contributed by atoms with van der Waals surface area (Å²) in [5.41, 5.74) is 6.35. The molecule has 140 valence electrons. The minimum absolute atomic E-state index is 0.521. The molecule has 3 aromatic rings. The Balaban J connectivity index is 1.44. The van der Waals surface area contributed by atoms with Crippen LogP contribution in [0.15, 0.2) is 54.9 Å². The summed E-state index contributed by atoms with van der Waals surface area (Å²) < 4.78 is 1.88. The van der Waals surface area contributed by atoms with Crippen LogP contribution in [0, 0.1) is 6.92 Å². The highest BCUT2D eigenvalue weighted by molar-refractivity contribution is 5.27. The van der Waals surface area contributed by atoms with Crippen LogP contribution >= 0.6 is 0 Å². The molecule has 0 bridgehead atoms. The van der Waals surface area contributed by atoms with Gasteiger partial charge in [-0.3, -0.25) is 14.6 Å². The van der Waals surface area contributed by atoms with Gasteiger partial charge in [0.25, 0.3) is 0 Å². The second-order valence-electron chi connectivity index (χ2n) is 7.82. The van der Waals surface area contributed by atoms with Crippen molar-refractivity contribution in [2.45, 2.75) is 38.6 Å². The van der Waals surface area contributed by atoms with Crippen LogP contribution in [0.3, 0.4) is 0 Å². The number of hydrogen-bond donors (Lipinski definition) is 0. The van der Waals surface area contributed by atoms with Crippen LogP contribution in [0.1, 0.15) is 46.8 Å². The molecule has 27 heavy (non-hydrogen) atoms. The number of pyridine rings is 1. The van der Waals surface area contributed by atoms with E-state index in [2.05, 4.69) is 65.6 Å². The Hall–Kier alpha value is -2.46. The van der Waals surface area contributed by atoms with E-state index in [4.69, 9.17) is 4.98 Å². The molecule has 2 aromatic heterocycles. The molecule has 1 fully saturated rings. The quantitative estimate of drug-likeness (QED) is 0.687. The van der Waals surface area contributed by atoms with Crippen molar-refractivity contribution in [2.75, 3.05) is 13.1 Å². The first-order chi connectivity index (χ1) is 13.2. The van der Waals surface area contributed by atoms with E-state index in [1.54, 1.807) is 0 Å². The first kappa shape index (κ1) is 17.9. The fourth-order valence-electron chi connectivity index (χ4n) is 4.11. The first-order valence-corrected chi connectivity index (χ1v) is 9.87. The van der Waals surface area contributed by atoms with Crippen LogP contribution in [0.4, 0.5) is 0 Å². The fraction of sp³-hybridized carbons (Fsp3) is 0.391. The second kappa shape index (κ2) is 8.05. The summed E-state index contributed by atoms with van der Waals surface area (Å²) in [7, 11) is 1.98. The van der Waals surface area contributed by atoms with Gasteiger partial charge in [-0.2, -0.15) is 5.10 Å². The van der Waals surface area contributed by atoms with E-state index < -0.39 is 0 Å². The molecule has 1 unspecified atom stereocenters. The molecule has 3 heterocycles. The Kier molecular flexibility index (Phi) is 5.35. The average molecular weight is 361 g/mol. The summed E-state index contributed by atoms with van der Waals surface area (Å²) in [5.74, 6) is 0.521. The van der Waals surface area contributed by atoms with Crippen molar-refractivity contribution < 1.29 is 0 Å². The number of rotatable bonds is 5.